The number of methoxy groups -OCH3 is 1. The van der Waals surface area contributed by atoms with Crippen LogP contribution in [-0.4, -0.2) is 71.6 Å². The van der Waals surface area contributed by atoms with Crippen molar-refractivity contribution in [3.05, 3.63) is 18.2 Å². The number of piperazine rings is 1. The summed E-state index contributed by atoms with van der Waals surface area (Å²) in [6.45, 7) is 8.17. The van der Waals surface area contributed by atoms with E-state index in [1.54, 1.807) is 22.2 Å². The van der Waals surface area contributed by atoms with Crippen LogP contribution in [0.3, 0.4) is 0 Å². The van der Waals surface area contributed by atoms with Gasteiger partial charge in [0.15, 0.2) is 0 Å². The molecule has 132 valence electrons. The molecule has 0 atom stereocenters. The quantitative estimate of drug-likeness (QED) is 0.893. The van der Waals surface area contributed by atoms with E-state index in [2.05, 4.69) is 15.3 Å². The van der Waals surface area contributed by atoms with Gasteiger partial charge in [-0.2, -0.15) is 0 Å². The van der Waals surface area contributed by atoms with Crippen LogP contribution < -0.4 is 5.32 Å². The highest BCUT2D eigenvalue weighted by molar-refractivity contribution is 5.89. The highest BCUT2D eigenvalue weighted by Crippen LogP contribution is 2.18. The third kappa shape index (κ3) is 4.64. The molecule has 8 heteroatoms. The summed E-state index contributed by atoms with van der Waals surface area (Å²) in [6, 6.07) is -0.207. The van der Waals surface area contributed by atoms with Crippen LogP contribution in [0.25, 0.3) is 0 Å². The molecule has 0 spiro atoms. The lowest BCUT2D eigenvalue weighted by molar-refractivity contribution is -0.136. The van der Waals surface area contributed by atoms with E-state index < -0.39 is 0 Å². The van der Waals surface area contributed by atoms with Crippen molar-refractivity contribution >= 4 is 17.6 Å². The maximum atomic E-state index is 12.3. The van der Waals surface area contributed by atoms with Crippen molar-refractivity contribution in [3.63, 3.8) is 0 Å². The lowest BCUT2D eigenvalue weighted by atomic mass is 9.96. The van der Waals surface area contributed by atoms with Crippen molar-refractivity contribution in [1.82, 2.24) is 19.8 Å². The third-order valence-electron chi connectivity index (χ3n) is 3.76. The summed E-state index contributed by atoms with van der Waals surface area (Å²) in [5, 5.41) is 2.79. The van der Waals surface area contributed by atoms with Gasteiger partial charge in [-0.1, -0.05) is 20.8 Å². The first kappa shape index (κ1) is 18.1. The zero-order chi connectivity index (χ0) is 17.7. The van der Waals surface area contributed by atoms with E-state index in [-0.39, 0.29) is 24.0 Å². The Hall–Kier alpha value is -2.22. The number of anilines is 1. The maximum Gasteiger partial charge on any atom is 0.322 e. The summed E-state index contributed by atoms with van der Waals surface area (Å²) in [7, 11) is 1.49. The number of amides is 3. The average Bonchev–Trinajstić information content (AvgIpc) is 2.55. The Morgan fingerprint density at radius 2 is 1.67 bits per heavy atom. The Morgan fingerprint density at radius 3 is 2.17 bits per heavy atom. The molecule has 0 radical (unpaired) electrons. The van der Waals surface area contributed by atoms with Crippen LogP contribution in [0, 0.1) is 0 Å². The number of carbonyl (C=O) groups is 2. The van der Waals surface area contributed by atoms with E-state index >= 15 is 0 Å². The van der Waals surface area contributed by atoms with Gasteiger partial charge in [0.1, 0.15) is 12.4 Å². The SMILES string of the molecule is COCC(=O)N1CCN(C(=O)Nc2cnc(C(C)(C)C)nc2)CC1. The summed E-state index contributed by atoms with van der Waals surface area (Å²) in [5.74, 6) is 0.675. The Labute approximate surface area is 142 Å². The number of aromatic nitrogens is 2. The molecular weight excluding hydrogens is 310 g/mol. The molecule has 0 saturated carbocycles. The number of hydrogen-bond donors (Lipinski definition) is 1. The van der Waals surface area contributed by atoms with E-state index in [1.165, 1.54) is 7.11 Å². The first-order valence-corrected chi connectivity index (χ1v) is 7.96. The molecule has 1 fully saturated rings. The Balaban J connectivity index is 1.86. The fraction of sp³-hybridized carbons (Fsp3) is 0.625. The summed E-state index contributed by atoms with van der Waals surface area (Å²) < 4.78 is 4.85. The maximum absolute atomic E-state index is 12.3. The molecule has 1 aliphatic heterocycles. The molecule has 0 unspecified atom stereocenters. The van der Waals surface area contributed by atoms with Gasteiger partial charge in [-0.3, -0.25) is 4.79 Å². The topological polar surface area (TPSA) is 87.7 Å². The van der Waals surface area contributed by atoms with Gasteiger partial charge in [-0.15, -0.1) is 0 Å². The molecule has 3 amide bonds. The van der Waals surface area contributed by atoms with Crippen molar-refractivity contribution in [1.29, 1.82) is 0 Å². The number of hydrogen-bond acceptors (Lipinski definition) is 5. The minimum absolute atomic E-state index is 0.0521. The molecular formula is C16H25N5O3. The van der Waals surface area contributed by atoms with E-state index in [4.69, 9.17) is 4.74 Å². The molecule has 1 aromatic heterocycles. The standard InChI is InChI=1S/C16H25N5O3/c1-16(2,3)14-17-9-12(10-18-14)19-15(23)21-7-5-20(6-8-21)13(22)11-24-4/h9-10H,5-8,11H2,1-4H3,(H,19,23). The number of carbonyl (C=O) groups excluding carboxylic acids is 2. The first-order chi connectivity index (χ1) is 11.3. The summed E-state index contributed by atoms with van der Waals surface area (Å²) >= 11 is 0. The van der Waals surface area contributed by atoms with E-state index in [1.807, 2.05) is 20.8 Å². The minimum atomic E-state index is -0.207. The molecule has 0 aromatic carbocycles. The van der Waals surface area contributed by atoms with Gasteiger partial charge in [0.25, 0.3) is 0 Å². The summed E-state index contributed by atoms with van der Waals surface area (Å²) in [5.41, 5.74) is 0.430. The van der Waals surface area contributed by atoms with Crippen LogP contribution in [0.2, 0.25) is 0 Å². The number of rotatable bonds is 3. The van der Waals surface area contributed by atoms with E-state index in [0.29, 0.717) is 31.9 Å². The highest BCUT2D eigenvalue weighted by atomic mass is 16.5. The van der Waals surface area contributed by atoms with Crippen LogP contribution in [0.1, 0.15) is 26.6 Å². The van der Waals surface area contributed by atoms with Crippen molar-refractivity contribution in [2.75, 3.05) is 45.2 Å². The van der Waals surface area contributed by atoms with E-state index in [9.17, 15) is 9.59 Å². The minimum Gasteiger partial charge on any atom is -0.375 e. The Kier molecular flexibility index (Phi) is 5.71. The number of ether oxygens (including phenoxy) is 1. The highest BCUT2D eigenvalue weighted by Gasteiger charge is 2.24. The lowest BCUT2D eigenvalue weighted by Gasteiger charge is -2.34. The van der Waals surface area contributed by atoms with Crippen LogP contribution in [-0.2, 0) is 14.9 Å². The number of urea groups is 1. The van der Waals surface area contributed by atoms with Gasteiger partial charge in [0, 0.05) is 38.7 Å². The second kappa shape index (κ2) is 7.57. The van der Waals surface area contributed by atoms with Gasteiger partial charge in [-0.25, -0.2) is 14.8 Å². The second-order valence-corrected chi connectivity index (χ2v) is 6.78. The largest absolute Gasteiger partial charge is 0.375 e. The monoisotopic (exact) mass is 335 g/mol. The Bertz CT molecular complexity index is 574. The fourth-order valence-corrected chi connectivity index (χ4v) is 2.36. The normalized spacial score (nSPS) is 15.3. The van der Waals surface area contributed by atoms with Gasteiger partial charge in [0.05, 0.1) is 18.1 Å². The van der Waals surface area contributed by atoms with Crippen molar-refractivity contribution < 1.29 is 14.3 Å². The molecule has 1 saturated heterocycles. The van der Waals surface area contributed by atoms with Gasteiger partial charge in [-0.05, 0) is 0 Å². The summed E-state index contributed by atoms with van der Waals surface area (Å²) in [4.78, 5) is 36.0. The second-order valence-electron chi connectivity index (χ2n) is 6.78. The molecule has 0 aliphatic carbocycles. The predicted octanol–water partition coefficient (Wildman–Crippen LogP) is 1.10. The van der Waals surface area contributed by atoms with Crippen LogP contribution in [0.4, 0.5) is 10.5 Å². The molecule has 1 aliphatic rings. The van der Waals surface area contributed by atoms with Crippen LogP contribution >= 0.6 is 0 Å². The third-order valence-corrected chi connectivity index (χ3v) is 3.76. The summed E-state index contributed by atoms with van der Waals surface area (Å²) in [6.07, 6.45) is 3.23. The average molecular weight is 335 g/mol. The number of nitrogens with one attached hydrogen (secondary N) is 1. The molecule has 2 rings (SSSR count). The predicted molar refractivity (Wildman–Crippen MR) is 89.8 cm³/mol. The molecule has 1 N–H and O–H groups in total. The van der Waals surface area contributed by atoms with E-state index in [0.717, 1.165) is 5.82 Å². The lowest BCUT2D eigenvalue weighted by Crippen LogP contribution is -2.52. The van der Waals surface area contributed by atoms with Crippen molar-refractivity contribution in [3.8, 4) is 0 Å². The van der Waals surface area contributed by atoms with Gasteiger partial charge >= 0.3 is 6.03 Å². The van der Waals surface area contributed by atoms with Gasteiger partial charge < -0.3 is 19.9 Å². The molecule has 24 heavy (non-hydrogen) atoms. The molecule has 8 nitrogen and oxygen atoms in total. The molecule has 0 bridgehead atoms. The van der Waals surface area contributed by atoms with Gasteiger partial charge in [0.2, 0.25) is 5.91 Å². The zero-order valence-electron chi connectivity index (χ0n) is 14.7. The van der Waals surface area contributed by atoms with Crippen molar-refractivity contribution in [2.24, 2.45) is 0 Å². The van der Waals surface area contributed by atoms with Crippen LogP contribution in [0.15, 0.2) is 12.4 Å². The zero-order valence-corrected chi connectivity index (χ0v) is 14.7. The van der Waals surface area contributed by atoms with Crippen LogP contribution in [0.5, 0.6) is 0 Å². The fourth-order valence-electron chi connectivity index (χ4n) is 2.36. The Morgan fingerprint density at radius 1 is 1.12 bits per heavy atom. The molecule has 1 aromatic rings. The van der Waals surface area contributed by atoms with Crippen molar-refractivity contribution in [2.45, 2.75) is 26.2 Å². The smallest absolute Gasteiger partial charge is 0.322 e. The first-order valence-electron chi connectivity index (χ1n) is 7.96. The molecule has 2 heterocycles. The number of nitrogens with zero attached hydrogens (tertiary/aromatic N) is 4.